The van der Waals surface area contributed by atoms with Gasteiger partial charge in [0, 0.05) is 12.8 Å². The molecule has 1 N–H and O–H groups in total. The Morgan fingerprint density at radius 2 is 0.717 bits per heavy atom. The Hall–Kier alpha value is -3.70. The monoisotopic (exact) mass is 829 g/mol. The Labute approximate surface area is 369 Å². The molecular formula is C55H88O5. The minimum atomic E-state index is -0.790. The maximum Gasteiger partial charge on any atom is 0.306 e. The Kier molecular flexibility index (Phi) is 46.6. The summed E-state index contributed by atoms with van der Waals surface area (Å²) in [6.45, 7) is 3.98. The number of carbonyl (C=O) groups excluding carboxylic acids is 2. The predicted molar refractivity (Wildman–Crippen MR) is 260 cm³/mol. The third kappa shape index (κ3) is 47.0. The van der Waals surface area contributed by atoms with Crippen molar-refractivity contribution in [3.05, 3.63) is 122 Å². The summed E-state index contributed by atoms with van der Waals surface area (Å²) in [4.78, 5) is 24.3. The lowest BCUT2D eigenvalue weighted by atomic mass is 10.1. The number of unbranched alkanes of at least 4 members (excludes halogenated alkanes) is 14. The highest BCUT2D eigenvalue weighted by molar-refractivity contribution is 5.70. The van der Waals surface area contributed by atoms with Crippen molar-refractivity contribution in [1.29, 1.82) is 0 Å². The van der Waals surface area contributed by atoms with Crippen molar-refractivity contribution < 1.29 is 24.2 Å². The van der Waals surface area contributed by atoms with Crippen molar-refractivity contribution in [2.75, 3.05) is 13.2 Å². The first kappa shape index (κ1) is 56.3. The topological polar surface area (TPSA) is 72.8 Å². The zero-order chi connectivity index (χ0) is 43.5. The summed E-state index contributed by atoms with van der Waals surface area (Å²) in [5.41, 5.74) is 0. The highest BCUT2D eigenvalue weighted by atomic mass is 16.6. The number of carbonyl (C=O) groups is 2. The number of aliphatic hydroxyl groups excluding tert-OH is 1. The molecule has 0 amide bonds. The van der Waals surface area contributed by atoms with Gasteiger partial charge in [-0.2, -0.15) is 0 Å². The van der Waals surface area contributed by atoms with Crippen molar-refractivity contribution >= 4 is 11.9 Å². The largest absolute Gasteiger partial charge is 0.462 e. The van der Waals surface area contributed by atoms with Crippen molar-refractivity contribution in [3.8, 4) is 0 Å². The van der Waals surface area contributed by atoms with Crippen LogP contribution < -0.4 is 0 Å². The Morgan fingerprint density at radius 3 is 1.08 bits per heavy atom. The number of aliphatic hydroxyl groups is 1. The summed E-state index contributed by atoms with van der Waals surface area (Å²) in [5.74, 6) is -0.629. The zero-order valence-electron chi connectivity index (χ0n) is 38.4. The molecule has 0 heterocycles. The summed E-state index contributed by atoms with van der Waals surface area (Å²) in [6, 6.07) is 0. The molecule has 0 aliphatic rings. The van der Waals surface area contributed by atoms with E-state index in [0.717, 1.165) is 116 Å². The van der Waals surface area contributed by atoms with Gasteiger partial charge in [-0.15, -0.1) is 0 Å². The lowest BCUT2D eigenvalue weighted by Crippen LogP contribution is -2.28. The van der Waals surface area contributed by atoms with Crippen LogP contribution in [0.4, 0.5) is 0 Å². The number of esters is 2. The van der Waals surface area contributed by atoms with Crippen LogP contribution in [0.2, 0.25) is 0 Å². The van der Waals surface area contributed by atoms with E-state index >= 15 is 0 Å². The Bertz CT molecular complexity index is 1260. The molecule has 5 heteroatoms. The van der Waals surface area contributed by atoms with Crippen LogP contribution in [0.5, 0.6) is 0 Å². The van der Waals surface area contributed by atoms with E-state index in [4.69, 9.17) is 9.47 Å². The van der Waals surface area contributed by atoms with Gasteiger partial charge in [-0.25, -0.2) is 0 Å². The van der Waals surface area contributed by atoms with E-state index < -0.39 is 6.10 Å². The molecule has 0 spiro atoms. The number of ether oxygens (including phenoxy) is 2. The number of allylic oxidation sites excluding steroid dienone is 20. The lowest BCUT2D eigenvalue weighted by Gasteiger charge is -2.15. The summed E-state index contributed by atoms with van der Waals surface area (Å²) in [7, 11) is 0. The highest BCUT2D eigenvalue weighted by Crippen LogP contribution is 2.13. The van der Waals surface area contributed by atoms with Gasteiger partial charge in [0.05, 0.1) is 6.61 Å². The fraction of sp³-hybridized carbons (Fsp3) is 0.600. The van der Waals surface area contributed by atoms with Crippen molar-refractivity contribution in [1.82, 2.24) is 0 Å². The summed E-state index contributed by atoms with van der Waals surface area (Å²) >= 11 is 0. The average Bonchev–Trinajstić information content (AvgIpc) is 3.25. The van der Waals surface area contributed by atoms with E-state index in [0.29, 0.717) is 12.8 Å². The van der Waals surface area contributed by atoms with Gasteiger partial charge < -0.3 is 14.6 Å². The Balaban J connectivity index is 3.68. The smallest absolute Gasteiger partial charge is 0.306 e. The van der Waals surface area contributed by atoms with Crippen LogP contribution in [-0.4, -0.2) is 36.4 Å². The fourth-order valence-electron chi connectivity index (χ4n) is 6.17. The van der Waals surface area contributed by atoms with Crippen LogP contribution in [0, 0.1) is 0 Å². The zero-order valence-corrected chi connectivity index (χ0v) is 38.4. The summed E-state index contributed by atoms with van der Waals surface area (Å²) in [5, 5.41) is 9.57. The van der Waals surface area contributed by atoms with E-state index in [1.54, 1.807) is 0 Å². The van der Waals surface area contributed by atoms with E-state index in [-0.39, 0.29) is 25.2 Å². The maximum atomic E-state index is 12.2. The number of hydrogen-bond donors (Lipinski definition) is 1. The Morgan fingerprint density at radius 1 is 0.400 bits per heavy atom. The lowest BCUT2D eigenvalue weighted by molar-refractivity contribution is -0.161. The molecule has 0 saturated heterocycles. The average molecular weight is 829 g/mol. The molecule has 0 aromatic heterocycles. The molecule has 0 aromatic carbocycles. The normalized spacial score (nSPS) is 13.3. The molecule has 0 aliphatic carbocycles. The van der Waals surface area contributed by atoms with Gasteiger partial charge in [0.25, 0.3) is 0 Å². The predicted octanol–water partition coefficient (Wildman–Crippen LogP) is 16.0. The number of hydrogen-bond acceptors (Lipinski definition) is 5. The number of rotatable bonds is 42. The van der Waals surface area contributed by atoms with E-state index in [1.807, 2.05) is 0 Å². The molecule has 0 fully saturated rings. The van der Waals surface area contributed by atoms with Crippen molar-refractivity contribution in [2.45, 2.75) is 200 Å². The first-order valence-electron chi connectivity index (χ1n) is 24.1. The van der Waals surface area contributed by atoms with Crippen LogP contribution >= 0.6 is 0 Å². The SMILES string of the molecule is CC/C=C\C/C=C\C/C=C\C/C=C\C/C=C\C/C=C\C/C=C\C/C=C\C/C=C\C/C=C\CCCCCCC(=O)OC(CO)COC(=O)CCCCCCCCCCCCC. The van der Waals surface area contributed by atoms with E-state index in [1.165, 1.54) is 51.4 Å². The molecule has 1 atom stereocenters. The molecule has 0 saturated carbocycles. The molecule has 5 nitrogen and oxygen atoms in total. The second kappa shape index (κ2) is 49.7. The first-order chi connectivity index (χ1) is 29.6. The standard InChI is InChI=1S/C55H88O5/c1-3-5-7-9-11-13-15-16-17-18-19-20-21-22-23-24-25-26-27-28-29-30-31-32-33-34-35-36-37-38-40-42-44-46-48-50-55(58)60-53(51-56)52-59-54(57)49-47-45-43-41-39-14-12-10-8-6-4-2/h5,7,11,13,16-17,19-20,22-23,25-26,28-29,31-32,34-35,37-38,53,56H,3-4,6,8-10,12,14-15,18,21,24,27,30,33,36,39-52H2,1-2H3/b7-5-,13-11-,17-16-,20-19-,23-22-,26-25-,29-28-,32-31-,35-34-,38-37-. The van der Waals surface area contributed by atoms with Gasteiger partial charge in [-0.3, -0.25) is 9.59 Å². The van der Waals surface area contributed by atoms with E-state index in [2.05, 4.69) is 135 Å². The van der Waals surface area contributed by atoms with Crippen LogP contribution in [0.3, 0.4) is 0 Å². The molecule has 0 aromatic rings. The second-order valence-electron chi connectivity index (χ2n) is 15.5. The van der Waals surface area contributed by atoms with Crippen LogP contribution in [-0.2, 0) is 19.1 Å². The van der Waals surface area contributed by atoms with Crippen molar-refractivity contribution in [2.24, 2.45) is 0 Å². The van der Waals surface area contributed by atoms with Gasteiger partial charge in [-0.1, -0.05) is 212 Å². The minimum absolute atomic E-state index is 0.0816. The van der Waals surface area contributed by atoms with Crippen LogP contribution in [0.1, 0.15) is 194 Å². The van der Waals surface area contributed by atoms with Gasteiger partial charge in [0.15, 0.2) is 6.10 Å². The third-order valence-electron chi connectivity index (χ3n) is 9.77. The van der Waals surface area contributed by atoms with Gasteiger partial charge in [0.2, 0.25) is 0 Å². The second-order valence-corrected chi connectivity index (χ2v) is 15.5. The van der Waals surface area contributed by atoms with E-state index in [9.17, 15) is 14.7 Å². The molecular weight excluding hydrogens is 741 g/mol. The molecule has 60 heavy (non-hydrogen) atoms. The fourth-order valence-corrected chi connectivity index (χ4v) is 6.17. The molecule has 0 aliphatic heterocycles. The molecule has 1 unspecified atom stereocenters. The molecule has 338 valence electrons. The van der Waals surface area contributed by atoms with Gasteiger partial charge in [0.1, 0.15) is 6.61 Å². The van der Waals surface area contributed by atoms with Gasteiger partial charge >= 0.3 is 11.9 Å². The minimum Gasteiger partial charge on any atom is -0.462 e. The third-order valence-corrected chi connectivity index (χ3v) is 9.77. The van der Waals surface area contributed by atoms with Gasteiger partial charge in [-0.05, 0) is 89.9 Å². The quantitative estimate of drug-likeness (QED) is 0.0377. The summed E-state index contributed by atoms with van der Waals surface area (Å²) in [6.07, 6.45) is 72.9. The molecule has 0 bridgehead atoms. The van der Waals surface area contributed by atoms with Crippen LogP contribution in [0.15, 0.2) is 122 Å². The summed E-state index contributed by atoms with van der Waals surface area (Å²) < 4.78 is 10.6. The first-order valence-corrected chi connectivity index (χ1v) is 24.1. The van der Waals surface area contributed by atoms with Crippen molar-refractivity contribution in [3.63, 3.8) is 0 Å². The molecule has 0 rings (SSSR count). The van der Waals surface area contributed by atoms with Crippen LogP contribution in [0.25, 0.3) is 0 Å². The molecule has 0 radical (unpaired) electrons. The maximum absolute atomic E-state index is 12.2. The highest BCUT2D eigenvalue weighted by Gasteiger charge is 2.16.